The van der Waals surface area contributed by atoms with Crippen molar-refractivity contribution in [3.8, 4) is 0 Å². The van der Waals surface area contributed by atoms with Crippen LogP contribution in [0.15, 0.2) is 18.2 Å². The summed E-state index contributed by atoms with van der Waals surface area (Å²) in [6.07, 6.45) is 1.25. The summed E-state index contributed by atoms with van der Waals surface area (Å²) in [6, 6.07) is 6.74. The van der Waals surface area contributed by atoms with Crippen LogP contribution >= 0.6 is 0 Å². The first-order valence-electron chi connectivity index (χ1n) is 5.86. The van der Waals surface area contributed by atoms with Gasteiger partial charge in [0.1, 0.15) is 0 Å². The standard InChI is InChI=1S/C14H23N/c1-11(2)5-6-15-10-14-8-12(3)7-13(4)9-14/h7-9,11,15H,5-6,10H2,1-4H3. The molecule has 0 saturated heterocycles. The predicted octanol–water partition coefficient (Wildman–Crippen LogP) is 3.44. The van der Waals surface area contributed by atoms with Gasteiger partial charge in [-0.25, -0.2) is 0 Å². The molecule has 0 fully saturated rings. The van der Waals surface area contributed by atoms with Gasteiger partial charge in [0, 0.05) is 6.54 Å². The van der Waals surface area contributed by atoms with Crippen molar-refractivity contribution in [1.29, 1.82) is 0 Å². The highest BCUT2D eigenvalue weighted by atomic mass is 14.8. The minimum absolute atomic E-state index is 0.789. The van der Waals surface area contributed by atoms with Crippen molar-refractivity contribution in [2.75, 3.05) is 6.54 Å². The zero-order valence-electron chi connectivity index (χ0n) is 10.4. The Hall–Kier alpha value is -0.820. The van der Waals surface area contributed by atoms with Crippen LogP contribution in [0.25, 0.3) is 0 Å². The first-order valence-corrected chi connectivity index (χ1v) is 5.86. The monoisotopic (exact) mass is 205 g/mol. The van der Waals surface area contributed by atoms with E-state index in [9.17, 15) is 0 Å². The van der Waals surface area contributed by atoms with Crippen molar-refractivity contribution in [2.24, 2.45) is 5.92 Å². The van der Waals surface area contributed by atoms with Gasteiger partial charge < -0.3 is 5.32 Å². The Morgan fingerprint density at radius 1 is 1.07 bits per heavy atom. The molecule has 0 aliphatic heterocycles. The van der Waals surface area contributed by atoms with Gasteiger partial charge in [-0.2, -0.15) is 0 Å². The lowest BCUT2D eigenvalue weighted by molar-refractivity contribution is 0.537. The number of benzene rings is 1. The lowest BCUT2D eigenvalue weighted by atomic mass is 10.1. The lowest BCUT2D eigenvalue weighted by Crippen LogP contribution is -2.16. The van der Waals surface area contributed by atoms with E-state index in [1.165, 1.54) is 23.1 Å². The third-order valence-corrected chi connectivity index (χ3v) is 2.51. The Bertz CT molecular complexity index is 282. The van der Waals surface area contributed by atoms with E-state index < -0.39 is 0 Å². The van der Waals surface area contributed by atoms with Crippen molar-refractivity contribution in [2.45, 2.75) is 40.7 Å². The fourth-order valence-electron chi connectivity index (χ4n) is 1.79. The molecule has 1 heteroatoms. The second-order valence-corrected chi connectivity index (χ2v) is 4.86. The molecule has 0 heterocycles. The maximum Gasteiger partial charge on any atom is 0.0205 e. The molecule has 0 aliphatic rings. The van der Waals surface area contributed by atoms with E-state index in [1.54, 1.807) is 0 Å². The van der Waals surface area contributed by atoms with E-state index in [1.807, 2.05) is 0 Å². The van der Waals surface area contributed by atoms with Crippen LogP contribution in [0.4, 0.5) is 0 Å². The van der Waals surface area contributed by atoms with E-state index in [-0.39, 0.29) is 0 Å². The molecule has 0 unspecified atom stereocenters. The summed E-state index contributed by atoms with van der Waals surface area (Å²) in [5.74, 6) is 0.789. The fraction of sp³-hybridized carbons (Fsp3) is 0.571. The number of hydrogen-bond donors (Lipinski definition) is 1. The molecule has 0 aromatic heterocycles. The van der Waals surface area contributed by atoms with Gasteiger partial charge in [-0.05, 0) is 38.3 Å². The van der Waals surface area contributed by atoms with E-state index in [0.29, 0.717) is 0 Å². The van der Waals surface area contributed by atoms with Gasteiger partial charge in [0.2, 0.25) is 0 Å². The van der Waals surface area contributed by atoms with Crippen LogP contribution in [0.2, 0.25) is 0 Å². The van der Waals surface area contributed by atoms with Crippen LogP contribution in [-0.2, 0) is 6.54 Å². The highest BCUT2D eigenvalue weighted by molar-refractivity contribution is 5.28. The highest BCUT2D eigenvalue weighted by Gasteiger charge is 1.97. The second-order valence-electron chi connectivity index (χ2n) is 4.86. The zero-order chi connectivity index (χ0) is 11.3. The molecule has 1 nitrogen and oxygen atoms in total. The molecule has 1 aromatic rings. The Labute approximate surface area is 93.9 Å². The van der Waals surface area contributed by atoms with Gasteiger partial charge >= 0.3 is 0 Å². The fourth-order valence-corrected chi connectivity index (χ4v) is 1.79. The minimum Gasteiger partial charge on any atom is -0.313 e. The molecule has 84 valence electrons. The summed E-state index contributed by atoms with van der Waals surface area (Å²) in [4.78, 5) is 0. The number of rotatable bonds is 5. The normalized spacial score (nSPS) is 11.0. The number of hydrogen-bond acceptors (Lipinski definition) is 1. The van der Waals surface area contributed by atoms with Crippen LogP contribution < -0.4 is 5.32 Å². The molecule has 0 aliphatic carbocycles. The molecule has 1 rings (SSSR count). The molecule has 0 spiro atoms. The Morgan fingerprint density at radius 3 is 2.20 bits per heavy atom. The maximum absolute atomic E-state index is 3.49. The van der Waals surface area contributed by atoms with Gasteiger partial charge in [0.25, 0.3) is 0 Å². The van der Waals surface area contributed by atoms with Crippen molar-refractivity contribution in [1.82, 2.24) is 5.32 Å². The van der Waals surface area contributed by atoms with Crippen LogP contribution in [0.5, 0.6) is 0 Å². The largest absolute Gasteiger partial charge is 0.313 e. The Morgan fingerprint density at radius 2 is 1.67 bits per heavy atom. The van der Waals surface area contributed by atoms with Crippen molar-refractivity contribution in [3.05, 3.63) is 34.9 Å². The molecular formula is C14H23N. The smallest absolute Gasteiger partial charge is 0.0205 e. The highest BCUT2D eigenvalue weighted by Crippen LogP contribution is 2.08. The summed E-state index contributed by atoms with van der Waals surface area (Å²) in [7, 11) is 0. The summed E-state index contributed by atoms with van der Waals surface area (Å²) in [5, 5.41) is 3.49. The van der Waals surface area contributed by atoms with Gasteiger partial charge in [-0.1, -0.05) is 43.2 Å². The van der Waals surface area contributed by atoms with E-state index in [4.69, 9.17) is 0 Å². The first-order chi connectivity index (χ1) is 7.08. The molecule has 0 bridgehead atoms. The summed E-state index contributed by atoms with van der Waals surface area (Å²) >= 11 is 0. The quantitative estimate of drug-likeness (QED) is 0.726. The van der Waals surface area contributed by atoms with E-state index in [0.717, 1.165) is 19.0 Å². The zero-order valence-corrected chi connectivity index (χ0v) is 10.4. The van der Waals surface area contributed by atoms with Crippen molar-refractivity contribution < 1.29 is 0 Å². The van der Waals surface area contributed by atoms with Gasteiger partial charge in [0.15, 0.2) is 0 Å². The summed E-state index contributed by atoms with van der Waals surface area (Å²) < 4.78 is 0. The maximum atomic E-state index is 3.49. The van der Waals surface area contributed by atoms with E-state index in [2.05, 4.69) is 51.2 Å². The Kier molecular flexibility index (Phi) is 4.83. The number of aryl methyl sites for hydroxylation is 2. The molecule has 15 heavy (non-hydrogen) atoms. The topological polar surface area (TPSA) is 12.0 Å². The van der Waals surface area contributed by atoms with Crippen molar-refractivity contribution >= 4 is 0 Å². The van der Waals surface area contributed by atoms with Crippen LogP contribution in [0.3, 0.4) is 0 Å². The second kappa shape index (κ2) is 5.92. The van der Waals surface area contributed by atoms with Gasteiger partial charge in [-0.3, -0.25) is 0 Å². The van der Waals surface area contributed by atoms with Crippen LogP contribution in [0, 0.1) is 19.8 Å². The summed E-state index contributed by atoms with van der Waals surface area (Å²) in [5.41, 5.74) is 4.11. The lowest BCUT2D eigenvalue weighted by Gasteiger charge is -2.08. The van der Waals surface area contributed by atoms with E-state index >= 15 is 0 Å². The van der Waals surface area contributed by atoms with Gasteiger partial charge in [0.05, 0.1) is 0 Å². The molecule has 1 aromatic carbocycles. The van der Waals surface area contributed by atoms with Crippen molar-refractivity contribution in [3.63, 3.8) is 0 Å². The van der Waals surface area contributed by atoms with Crippen LogP contribution in [-0.4, -0.2) is 6.54 Å². The van der Waals surface area contributed by atoms with Gasteiger partial charge in [-0.15, -0.1) is 0 Å². The average molecular weight is 205 g/mol. The molecule has 0 atom stereocenters. The predicted molar refractivity (Wildman–Crippen MR) is 67.1 cm³/mol. The molecular weight excluding hydrogens is 182 g/mol. The average Bonchev–Trinajstić information content (AvgIpc) is 2.10. The molecule has 1 N–H and O–H groups in total. The van der Waals surface area contributed by atoms with Crippen LogP contribution in [0.1, 0.15) is 37.0 Å². The Balaban J connectivity index is 2.37. The SMILES string of the molecule is Cc1cc(C)cc(CNCCC(C)C)c1. The minimum atomic E-state index is 0.789. The molecule has 0 saturated carbocycles. The summed E-state index contributed by atoms with van der Waals surface area (Å²) in [6.45, 7) is 11.0. The first kappa shape index (κ1) is 12.3. The molecule has 0 radical (unpaired) electrons. The third kappa shape index (κ3) is 4.98. The molecule has 0 amide bonds. The third-order valence-electron chi connectivity index (χ3n) is 2.51. The number of nitrogens with one attached hydrogen (secondary N) is 1.